The van der Waals surface area contributed by atoms with E-state index in [1.165, 1.54) is 11.3 Å². The van der Waals surface area contributed by atoms with Gasteiger partial charge in [0.2, 0.25) is 0 Å². The molecule has 0 aliphatic carbocycles. The highest BCUT2D eigenvalue weighted by molar-refractivity contribution is 7.20. The maximum absolute atomic E-state index is 12.4. The number of rotatable bonds is 4. The normalized spacial score (nSPS) is 11.1. The molecule has 4 rings (SSSR count). The minimum atomic E-state index is -0.126. The van der Waals surface area contributed by atoms with E-state index in [1.54, 1.807) is 7.11 Å². The number of carbonyl (C=O) groups is 1. The Hall–Kier alpha value is -2.86. The molecule has 5 nitrogen and oxygen atoms in total. The summed E-state index contributed by atoms with van der Waals surface area (Å²) in [5, 5.41) is 4.86. The molecule has 4 aromatic rings. The van der Waals surface area contributed by atoms with E-state index in [9.17, 15) is 4.79 Å². The molecule has 25 heavy (non-hydrogen) atoms. The van der Waals surface area contributed by atoms with Crippen molar-refractivity contribution in [2.75, 3.05) is 7.11 Å². The van der Waals surface area contributed by atoms with Crippen molar-refractivity contribution >= 4 is 38.4 Å². The Morgan fingerprint density at radius 3 is 2.84 bits per heavy atom. The van der Waals surface area contributed by atoms with Crippen LogP contribution in [-0.4, -0.2) is 18.0 Å². The maximum atomic E-state index is 12.4. The van der Waals surface area contributed by atoms with Gasteiger partial charge in [-0.25, -0.2) is 4.98 Å². The van der Waals surface area contributed by atoms with Gasteiger partial charge in [-0.1, -0.05) is 0 Å². The Morgan fingerprint density at radius 2 is 2.08 bits per heavy atom. The number of methoxy groups -OCH3 is 1. The van der Waals surface area contributed by atoms with Gasteiger partial charge in [-0.15, -0.1) is 11.3 Å². The Labute approximate surface area is 148 Å². The van der Waals surface area contributed by atoms with Crippen LogP contribution in [0.3, 0.4) is 0 Å². The molecule has 3 aromatic heterocycles. The Morgan fingerprint density at radius 1 is 1.20 bits per heavy atom. The lowest BCUT2D eigenvalue weighted by molar-refractivity contribution is 0.0952. The second-order valence-corrected chi connectivity index (χ2v) is 6.78. The van der Waals surface area contributed by atoms with Crippen LogP contribution in [0.5, 0.6) is 5.75 Å². The second-order valence-electron chi connectivity index (χ2n) is 5.75. The van der Waals surface area contributed by atoms with Crippen molar-refractivity contribution in [3.63, 3.8) is 0 Å². The molecular formula is C19H16N2O3S. The molecule has 0 atom stereocenters. The molecule has 126 valence electrons. The zero-order chi connectivity index (χ0) is 17.4. The lowest BCUT2D eigenvalue weighted by Crippen LogP contribution is -2.21. The predicted octanol–water partition coefficient (Wildman–Crippen LogP) is 4.29. The van der Waals surface area contributed by atoms with Crippen molar-refractivity contribution in [2.45, 2.75) is 13.5 Å². The van der Waals surface area contributed by atoms with Gasteiger partial charge in [0.25, 0.3) is 5.91 Å². The molecule has 0 unspecified atom stereocenters. The zero-order valence-electron chi connectivity index (χ0n) is 13.8. The molecule has 1 N–H and O–H groups in total. The van der Waals surface area contributed by atoms with Crippen LogP contribution < -0.4 is 10.1 Å². The van der Waals surface area contributed by atoms with Crippen molar-refractivity contribution in [3.05, 3.63) is 58.9 Å². The summed E-state index contributed by atoms with van der Waals surface area (Å²) in [6.45, 7) is 2.25. The molecule has 0 bridgehead atoms. The van der Waals surface area contributed by atoms with Crippen LogP contribution in [0.25, 0.3) is 21.1 Å². The number of nitrogens with zero attached hydrogens (tertiary/aromatic N) is 1. The van der Waals surface area contributed by atoms with Crippen LogP contribution in [0.15, 0.2) is 46.9 Å². The number of ether oxygens (including phenoxy) is 1. The number of furan rings is 1. The standard InChI is InChI=1S/C19H16N2O3S/c1-11-3-5-15(24-11)10-20-18(22)17-8-13-7-12-4-6-14(23-2)9-16(12)21-19(13)25-17/h3-9H,10H2,1-2H3,(H,20,22). The average Bonchev–Trinajstić information content (AvgIpc) is 3.22. The lowest BCUT2D eigenvalue weighted by Gasteiger charge is -2.01. The zero-order valence-corrected chi connectivity index (χ0v) is 14.6. The first-order valence-electron chi connectivity index (χ1n) is 7.84. The number of aryl methyl sites for hydroxylation is 1. The van der Waals surface area contributed by atoms with E-state index in [-0.39, 0.29) is 5.91 Å². The average molecular weight is 352 g/mol. The molecule has 6 heteroatoms. The van der Waals surface area contributed by atoms with E-state index in [1.807, 2.05) is 49.4 Å². The molecule has 0 spiro atoms. The van der Waals surface area contributed by atoms with Gasteiger partial charge < -0.3 is 14.5 Å². The summed E-state index contributed by atoms with van der Waals surface area (Å²) in [7, 11) is 1.63. The highest BCUT2D eigenvalue weighted by Gasteiger charge is 2.12. The number of pyridine rings is 1. The highest BCUT2D eigenvalue weighted by atomic mass is 32.1. The predicted molar refractivity (Wildman–Crippen MR) is 98.3 cm³/mol. The number of nitrogens with one attached hydrogen (secondary N) is 1. The number of thiophene rings is 1. The molecule has 0 saturated heterocycles. The van der Waals surface area contributed by atoms with Gasteiger partial charge in [-0.3, -0.25) is 4.79 Å². The minimum Gasteiger partial charge on any atom is -0.497 e. The number of aromatic nitrogens is 1. The number of fused-ring (bicyclic) bond motifs is 2. The van der Waals surface area contributed by atoms with Crippen molar-refractivity contribution in [3.8, 4) is 5.75 Å². The van der Waals surface area contributed by atoms with Gasteiger partial charge in [-0.2, -0.15) is 0 Å². The summed E-state index contributed by atoms with van der Waals surface area (Å²) in [6.07, 6.45) is 0. The third-order valence-corrected chi connectivity index (χ3v) is 5.00. The molecule has 0 aliphatic heterocycles. The molecule has 0 aliphatic rings. The van der Waals surface area contributed by atoms with Gasteiger partial charge >= 0.3 is 0 Å². The Kier molecular flexibility index (Phi) is 3.89. The van der Waals surface area contributed by atoms with Crippen LogP contribution in [0.4, 0.5) is 0 Å². The highest BCUT2D eigenvalue weighted by Crippen LogP contribution is 2.29. The summed E-state index contributed by atoms with van der Waals surface area (Å²) >= 11 is 1.38. The Bertz CT molecular complexity index is 1080. The van der Waals surface area contributed by atoms with E-state index < -0.39 is 0 Å². The monoisotopic (exact) mass is 352 g/mol. The second kappa shape index (κ2) is 6.22. The fraction of sp³-hybridized carbons (Fsp3) is 0.158. The van der Waals surface area contributed by atoms with Gasteiger partial charge in [-0.05, 0) is 43.3 Å². The first-order valence-corrected chi connectivity index (χ1v) is 8.66. The fourth-order valence-corrected chi connectivity index (χ4v) is 3.62. The first-order chi connectivity index (χ1) is 12.1. The SMILES string of the molecule is COc1ccc2cc3cc(C(=O)NCc4ccc(C)o4)sc3nc2c1. The van der Waals surface area contributed by atoms with E-state index in [0.717, 1.165) is 38.4 Å². The van der Waals surface area contributed by atoms with Crippen molar-refractivity contribution in [1.29, 1.82) is 0 Å². The van der Waals surface area contributed by atoms with Gasteiger partial charge in [0.1, 0.15) is 22.1 Å². The van der Waals surface area contributed by atoms with Crippen LogP contribution in [0.1, 0.15) is 21.2 Å². The van der Waals surface area contributed by atoms with Gasteiger partial charge in [0, 0.05) is 16.8 Å². The molecule has 0 radical (unpaired) electrons. The topological polar surface area (TPSA) is 64.4 Å². The van der Waals surface area contributed by atoms with E-state index >= 15 is 0 Å². The first kappa shape index (κ1) is 15.7. The smallest absolute Gasteiger partial charge is 0.261 e. The fourth-order valence-electron chi connectivity index (χ4n) is 2.68. The number of benzene rings is 1. The van der Waals surface area contributed by atoms with E-state index in [4.69, 9.17) is 9.15 Å². The Balaban J connectivity index is 1.61. The maximum Gasteiger partial charge on any atom is 0.261 e. The number of carbonyl (C=O) groups excluding carboxylic acids is 1. The van der Waals surface area contributed by atoms with E-state index in [2.05, 4.69) is 10.3 Å². The summed E-state index contributed by atoms with van der Waals surface area (Å²) in [5.41, 5.74) is 0.853. The molecule has 3 heterocycles. The third kappa shape index (κ3) is 3.08. The minimum absolute atomic E-state index is 0.126. The largest absolute Gasteiger partial charge is 0.497 e. The van der Waals surface area contributed by atoms with Crippen LogP contribution in [0, 0.1) is 6.92 Å². The molecule has 1 aromatic carbocycles. The molecule has 1 amide bonds. The van der Waals surface area contributed by atoms with Gasteiger partial charge in [0.05, 0.1) is 24.0 Å². The molecule has 0 fully saturated rings. The quantitative estimate of drug-likeness (QED) is 0.595. The lowest BCUT2D eigenvalue weighted by atomic mass is 10.2. The summed E-state index contributed by atoms with van der Waals surface area (Å²) in [5.74, 6) is 2.21. The number of hydrogen-bond acceptors (Lipinski definition) is 5. The number of amides is 1. The third-order valence-electron chi connectivity index (χ3n) is 3.95. The van der Waals surface area contributed by atoms with Crippen LogP contribution in [0.2, 0.25) is 0 Å². The summed E-state index contributed by atoms with van der Waals surface area (Å²) < 4.78 is 10.7. The van der Waals surface area contributed by atoms with E-state index in [0.29, 0.717) is 11.4 Å². The molecule has 0 saturated carbocycles. The summed E-state index contributed by atoms with van der Waals surface area (Å²) in [4.78, 5) is 18.5. The van der Waals surface area contributed by atoms with Crippen LogP contribution in [-0.2, 0) is 6.54 Å². The van der Waals surface area contributed by atoms with Crippen LogP contribution >= 0.6 is 11.3 Å². The summed E-state index contributed by atoms with van der Waals surface area (Å²) in [6, 6.07) is 13.4. The number of hydrogen-bond donors (Lipinski definition) is 1. The van der Waals surface area contributed by atoms with Crippen molar-refractivity contribution in [1.82, 2.24) is 10.3 Å². The van der Waals surface area contributed by atoms with Crippen molar-refractivity contribution < 1.29 is 13.9 Å². The molecular weight excluding hydrogens is 336 g/mol. The van der Waals surface area contributed by atoms with Crippen molar-refractivity contribution in [2.24, 2.45) is 0 Å². The van der Waals surface area contributed by atoms with Gasteiger partial charge in [0.15, 0.2) is 0 Å².